The van der Waals surface area contributed by atoms with Crippen LogP contribution in [-0.2, 0) is 11.3 Å². The van der Waals surface area contributed by atoms with Crippen LogP contribution < -0.4 is 10.1 Å². The Kier molecular flexibility index (Phi) is 5.98. The van der Waals surface area contributed by atoms with Gasteiger partial charge in [-0.25, -0.2) is 9.37 Å². The molecule has 1 aromatic heterocycles. The largest absolute Gasteiger partial charge is 0.479 e. The highest BCUT2D eigenvalue weighted by molar-refractivity contribution is 6.32. The van der Waals surface area contributed by atoms with Crippen molar-refractivity contribution in [1.29, 1.82) is 0 Å². The first-order valence-electron chi connectivity index (χ1n) is 7.34. The van der Waals surface area contributed by atoms with E-state index in [-0.39, 0.29) is 16.7 Å². The highest BCUT2D eigenvalue weighted by Gasteiger charge is 2.15. The van der Waals surface area contributed by atoms with Gasteiger partial charge in [-0.05, 0) is 38.5 Å². The van der Waals surface area contributed by atoms with Crippen molar-refractivity contribution in [2.45, 2.75) is 32.9 Å². The Labute approximate surface area is 139 Å². The molecule has 7 heteroatoms. The van der Waals surface area contributed by atoms with Crippen molar-refractivity contribution in [3.8, 4) is 5.75 Å². The van der Waals surface area contributed by atoms with Gasteiger partial charge in [0.05, 0.1) is 5.02 Å². The minimum absolute atomic E-state index is 0.139. The van der Waals surface area contributed by atoms with E-state index < -0.39 is 11.9 Å². The number of aromatic nitrogens is 2. The summed E-state index contributed by atoms with van der Waals surface area (Å²) >= 11 is 5.87. The van der Waals surface area contributed by atoms with Crippen molar-refractivity contribution in [1.82, 2.24) is 14.9 Å². The second kappa shape index (κ2) is 7.97. The third-order valence-corrected chi connectivity index (χ3v) is 3.66. The second-order valence-corrected chi connectivity index (χ2v) is 5.55. The Morgan fingerprint density at radius 1 is 1.52 bits per heavy atom. The van der Waals surface area contributed by atoms with E-state index in [4.69, 9.17) is 16.3 Å². The highest BCUT2D eigenvalue weighted by Crippen LogP contribution is 2.25. The summed E-state index contributed by atoms with van der Waals surface area (Å²) in [5.41, 5.74) is 0. The number of rotatable bonds is 7. The lowest BCUT2D eigenvalue weighted by Gasteiger charge is -2.15. The highest BCUT2D eigenvalue weighted by atomic mass is 35.5. The molecule has 5 nitrogen and oxygen atoms in total. The molecule has 124 valence electrons. The number of nitrogens with one attached hydrogen (secondary N) is 1. The van der Waals surface area contributed by atoms with Crippen LogP contribution in [0.2, 0.25) is 5.02 Å². The van der Waals surface area contributed by atoms with Gasteiger partial charge in [0.1, 0.15) is 17.4 Å². The van der Waals surface area contributed by atoms with Crippen molar-refractivity contribution in [2.24, 2.45) is 0 Å². The van der Waals surface area contributed by atoms with Crippen LogP contribution in [0.5, 0.6) is 5.75 Å². The molecule has 0 radical (unpaired) electrons. The van der Waals surface area contributed by atoms with E-state index in [1.807, 2.05) is 17.7 Å². The zero-order chi connectivity index (χ0) is 16.8. The zero-order valence-corrected chi connectivity index (χ0v) is 13.8. The fourth-order valence-corrected chi connectivity index (χ4v) is 2.27. The third-order valence-electron chi connectivity index (χ3n) is 3.37. The Bertz CT molecular complexity index is 675. The van der Waals surface area contributed by atoms with Crippen LogP contribution in [0.3, 0.4) is 0 Å². The molecule has 0 aliphatic rings. The number of benzene rings is 1. The molecule has 1 N–H and O–H groups in total. The van der Waals surface area contributed by atoms with Crippen molar-refractivity contribution >= 4 is 17.5 Å². The fourth-order valence-electron chi connectivity index (χ4n) is 2.06. The van der Waals surface area contributed by atoms with E-state index in [2.05, 4.69) is 10.3 Å². The number of hydrogen-bond donors (Lipinski definition) is 1. The van der Waals surface area contributed by atoms with Gasteiger partial charge in [0, 0.05) is 25.5 Å². The molecule has 0 spiro atoms. The molecule has 2 aromatic rings. The molecular weight excluding hydrogens is 321 g/mol. The number of nitrogens with zero attached hydrogens (tertiary/aromatic N) is 2. The third kappa shape index (κ3) is 4.96. The summed E-state index contributed by atoms with van der Waals surface area (Å²) in [6.45, 7) is 4.86. The minimum atomic E-state index is -0.715. The van der Waals surface area contributed by atoms with Crippen LogP contribution in [0, 0.1) is 12.7 Å². The quantitative estimate of drug-likeness (QED) is 0.789. The number of aryl methyl sites for hydroxylation is 2. The van der Waals surface area contributed by atoms with Gasteiger partial charge in [-0.2, -0.15) is 0 Å². The first-order chi connectivity index (χ1) is 11.0. The number of amides is 1. The summed E-state index contributed by atoms with van der Waals surface area (Å²) in [4.78, 5) is 16.1. The number of carbonyl (C=O) groups excluding carboxylic acids is 1. The number of carbonyl (C=O) groups is 1. The predicted molar refractivity (Wildman–Crippen MR) is 86.1 cm³/mol. The molecule has 1 amide bonds. The number of halogens is 2. The van der Waals surface area contributed by atoms with Crippen molar-refractivity contribution < 1.29 is 13.9 Å². The summed E-state index contributed by atoms with van der Waals surface area (Å²) in [5, 5.41) is 2.94. The molecule has 2 rings (SSSR count). The van der Waals surface area contributed by atoms with Crippen LogP contribution in [0.15, 0.2) is 30.6 Å². The molecule has 1 aromatic carbocycles. The second-order valence-electron chi connectivity index (χ2n) is 5.15. The SMILES string of the molecule is Cc1nccn1CCCNC(=O)[C@@H](C)Oc1ccc(F)cc1Cl. The number of hydrogen-bond acceptors (Lipinski definition) is 3. The van der Waals surface area contributed by atoms with Crippen LogP contribution in [0.25, 0.3) is 0 Å². The van der Waals surface area contributed by atoms with Gasteiger partial charge in [-0.15, -0.1) is 0 Å². The molecule has 0 saturated carbocycles. The van der Waals surface area contributed by atoms with Gasteiger partial charge in [-0.1, -0.05) is 11.6 Å². The van der Waals surface area contributed by atoms with E-state index in [0.717, 1.165) is 24.9 Å². The van der Waals surface area contributed by atoms with E-state index in [1.165, 1.54) is 12.1 Å². The van der Waals surface area contributed by atoms with Crippen molar-refractivity contribution in [2.75, 3.05) is 6.54 Å². The van der Waals surface area contributed by atoms with Crippen LogP contribution in [-0.4, -0.2) is 28.1 Å². The Morgan fingerprint density at radius 3 is 2.96 bits per heavy atom. The summed E-state index contributed by atoms with van der Waals surface area (Å²) in [6.07, 6.45) is 3.72. The van der Waals surface area contributed by atoms with Gasteiger partial charge < -0.3 is 14.6 Å². The van der Waals surface area contributed by atoms with Gasteiger partial charge in [0.2, 0.25) is 0 Å². The summed E-state index contributed by atoms with van der Waals surface area (Å²) in [6, 6.07) is 3.79. The Balaban J connectivity index is 1.75. The average molecular weight is 340 g/mol. The topological polar surface area (TPSA) is 56.2 Å². The molecule has 0 fully saturated rings. The molecule has 23 heavy (non-hydrogen) atoms. The lowest BCUT2D eigenvalue weighted by atomic mass is 10.3. The van der Waals surface area contributed by atoms with Crippen LogP contribution in [0.4, 0.5) is 4.39 Å². The first-order valence-corrected chi connectivity index (χ1v) is 7.72. The molecule has 0 bridgehead atoms. The van der Waals surface area contributed by atoms with Crippen LogP contribution in [0.1, 0.15) is 19.2 Å². The zero-order valence-electron chi connectivity index (χ0n) is 13.1. The Hall–Kier alpha value is -2.08. The van der Waals surface area contributed by atoms with E-state index >= 15 is 0 Å². The molecule has 0 aliphatic heterocycles. The van der Waals surface area contributed by atoms with Gasteiger partial charge in [0.25, 0.3) is 5.91 Å². The molecule has 1 heterocycles. The molecule has 0 unspecified atom stereocenters. The number of imidazole rings is 1. The van der Waals surface area contributed by atoms with Gasteiger partial charge in [0.15, 0.2) is 6.10 Å². The lowest BCUT2D eigenvalue weighted by molar-refractivity contribution is -0.127. The smallest absolute Gasteiger partial charge is 0.260 e. The van der Waals surface area contributed by atoms with E-state index in [1.54, 1.807) is 13.1 Å². The molecular formula is C16H19ClFN3O2. The minimum Gasteiger partial charge on any atom is -0.479 e. The first kappa shape index (κ1) is 17.3. The Morgan fingerprint density at radius 2 is 2.30 bits per heavy atom. The van der Waals surface area contributed by atoms with E-state index in [9.17, 15) is 9.18 Å². The van der Waals surface area contributed by atoms with E-state index in [0.29, 0.717) is 6.54 Å². The molecule has 0 aliphatic carbocycles. The van der Waals surface area contributed by atoms with Crippen molar-refractivity contribution in [3.63, 3.8) is 0 Å². The maximum atomic E-state index is 13.0. The molecule has 1 atom stereocenters. The maximum absolute atomic E-state index is 13.0. The van der Waals surface area contributed by atoms with Gasteiger partial charge in [-0.3, -0.25) is 4.79 Å². The van der Waals surface area contributed by atoms with Crippen molar-refractivity contribution in [3.05, 3.63) is 47.3 Å². The number of ether oxygens (including phenoxy) is 1. The summed E-state index contributed by atoms with van der Waals surface area (Å²) in [5.74, 6) is 0.533. The average Bonchev–Trinajstić information content (AvgIpc) is 2.91. The monoisotopic (exact) mass is 339 g/mol. The predicted octanol–water partition coefficient (Wildman–Crippen LogP) is 2.96. The standard InChI is InChI=1S/C16H19ClFN3O2/c1-11(23-15-5-4-13(18)10-14(15)17)16(22)20-6-3-8-21-9-7-19-12(21)2/h4-5,7,9-11H,3,6,8H2,1-2H3,(H,20,22)/t11-/m1/s1. The van der Waals surface area contributed by atoms with Gasteiger partial charge >= 0.3 is 0 Å². The summed E-state index contributed by atoms with van der Waals surface area (Å²) in [7, 11) is 0. The lowest BCUT2D eigenvalue weighted by Crippen LogP contribution is -2.37. The van der Waals surface area contributed by atoms with Crippen LogP contribution >= 0.6 is 11.6 Å². The fraction of sp³-hybridized carbons (Fsp3) is 0.375. The summed E-state index contributed by atoms with van der Waals surface area (Å²) < 4.78 is 20.4. The molecule has 0 saturated heterocycles. The maximum Gasteiger partial charge on any atom is 0.260 e. The normalized spacial score (nSPS) is 12.0.